The number of esters is 1. The molecule has 1 aromatic carbocycles. The fourth-order valence-electron chi connectivity index (χ4n) is 9.95. The first-order chi connectivity index (χ1) is 38.7. The summed E-state index contributed by atoms with van der Waals surface area (Å²) in [7, 11) is 1.24. The molecule has 0 saturated carbocycles. The second-order valence-corrected chi connectivity index (χ2v) is 21.2. The van der Waals surface area contributed by atoms with Gasteiger partial charge in [0.15, 0.2) is 17.2 Å². The van der Waals surface area contributed by atoms with Crippen LogP contribution >= 0.6 is 0 Å². The van der Waals surface area contributed by atoms with Gasteiger partial charge in [0.25, 0.3) is 17.4 Å². The molecule has 0 radical (unpaired) electrons. The van der Waals surface area contributed by atoms with Gasteiger partial charge in [-0.15, -0.1) is 0 Å². The van der Waals surface area contributed by atoms with Crippen molar-refractivity contribution < 1.29 is 87.7 Å². The van der Waals surface area contributed by atoms with Crippen molar-refractivity contribution in [2.45, 2.75) is 148 Å². The van der Waals surface area contributed by atoms with Crippen LogP contribution in [0, 0.1) is 24.6 Å². The number of benzene rings is 1. The standard InChI is InChI=1S/C56H72FN7O18/c1-7-56(80)36-21-40-49-34(23-64(40)54(78)35(36)26-82-55(56)79)32(33-18-28(2)37(57)22-39(33)61-49)10-8-9-17-81-27-58-52(76)29(3)19-41(66)31(5)59-53(77)30(4)20-42(67)38(60-45(70)15-16-63-47(72)13-14-48(63)73)11-12-46(71)62(6)24-43(68)50(74)51(75)44(69)25-65/h13-14,18,21-22,29-31,38,43-44,50-51,65,68-69,74-75,80H,7-12,15-17,19-20,23-27H2,1-6H3,(H,58,76)(H,59,77)(H,60,70)/t29-,30-,31+,38+,43+,44-,50-,51-,56+/m1/s1. The van der Waals surface area contributed by atoms with Gasteiger partial charge in [0.1, 0.15) is 43.6 Å². The van der Waals surface area contributed by atoms with E-state index >= 15 is 0 Å². The molecule has 26 heteroatoms. The number of aliphatic hydroxyl groups is 6. The van der Waals surface area contributed by atoms with Crippen molar-refractivity contribution in [3.05, 3.63) is 74.3 Å². The molecule has 5 heterocycles. The van der Waals surface area contributed by atoms with Gasteiger partial charge in [-0.3, -0.25) is 48.1 Å². The smallest absolute Gasteiger partial charge is 0.343 e. The van der Waals surface area contributed by atoms with E-state index in [2.05, 4.69) is 16.0 Å². The molecule has 6 amide bonds. The number of unbranched alkanes of at least 4 members (excludes halogenated alkanes) is 1. The van der Waals surface area contributed by atoms with Crippen LogP contribution < -0.4 is 21.5 Å². The highest BCUT2D eigenvalue weighted by Gasteiger charge is 2.46. The Hall–Kier alpha value is -7.20. The molecule has 2 aromatic heterocycles. The molecule has 0 spiro atoms. The Balaban J connectivity index is 0.967. The van der Waals surface area contributed by atoms with Crippen molar-refractivity contribution >= 4 is 63.9 Å². The Morgan fingerprint density at radius 2 is 1.54 bits per heavy atom. The SMILES string of the molecule is CC[C@@]1(O)C(=O)OCc2c1cc1n(c2=O)Cc2c-1nc1cc(F)c(C)cc1c2CCCCOCNC(=O)[C@H](C)CC(=O)[C@H](C)NC(=O)[C@H](C)CC(=O)[C@H](CCC(=O)N(C)C[C@H](O)[C@@H](O)[C@H](O)[C@H](O)CO)NC(=O)CCN1C(=O)C=CC1=O. The number of amides is 6. The van der Waals surface area contributed by atoms with Gasteiger partial charge in [-0.05, 0) is 69.2 Å². The number of imide groups is 1. The van der Waals surface area contributed by atoms with Crippen molar-refractivity contribution in [2.24, 2.45) is 11.8 Å². The highest BCUT2D eigenvalue weighted by molar-refractivity contribution is 6.13. The molecular formula is C56H72FN7O18. The fraction of sp³-hybridized carbons (Fsp3) is 0.554. The van der Waals surface area contributed by atoms with Crippen LogP contribution in [0.4, 0.5) is 4.39 Å². The zero-order valence-corrected chi connectivity index (χ0v) is 46.6. The van der Waals surface area contributed by atoms with Gasteiger partial charge in [-0.25, -0.2) is 14.2 Å². The molecule has 3 aliphatic heterocycles. The summed E-state index contributed by atoms with van der Waals surface area (Å²) < 4.78 is 27.4. The third-order valence-corrected chi connectivity index (χ3v) is 15.2. The minimum absolute atomic E-state index is 0.0261. The Kier molecular flexibility index (Phi) is 21.6. The lowest BCUT2D eigenvalue weighted by molar-refractivity contribution is -0.172. The number of aliphatic hydroxyl groups excluding tert-OH is 5. The number of ketones is 2. The molecular weight excluding hydrogens is 1080 g/mol. The topological polar surface area (TPSA) is 371 Å². The highest BCUT2D eigenvalue weighted by Crippen LogP contribution is 2.41. The normalized spacial score (nSPS) is 18.3. The fourth-order valence-corrected chi connectivity index (χ4v) is 9.95. The lowest BCUT2D eigenvalue weighted by Gasteiger charge is -2.31. The molecule has 0 bridgehead atoms. The summed E-state index contributed by atoms with van der Waals surface area (Å²) >= 11 is 0. The van der Waals surface area contributed by atoms with Crippen LogP contribution in [0.5, 0.6) is 0 Å². The van der Waals surface area contributed by atoms with Crippen molar-refractivity contribution in [2.75, 3.05) is 40.1 Å². The van der Waals surface area contributed by atoms with E-state index in [1.807, 2.05) is 0 Å². The molecule has 25 nitrogen and oxygen atoms in total. The lowest BCUT2D eigenvalue weighted by Crippen LogP contribution is -2.50. The number of aryl methyl sites for hydroxylation is 2. The van der Waals surface area contributed by atoms with E-state index in [1.54, 1.807) is 26.0 Å². The van der Waals surface area contributed by atoms with E-state index < -0.39 is 151 Å². The van der Waals surface area contributed by atoms with Crippen LogP contribution in [0.25, 0.3) is 22.3 Å². The maximum absolute atomic E-state index is 14.9. The van der Waals surface area contributed by atoms with Gasteiger partial charge < -0.3 is 65.5 Å². The third-order valence-electron chi connectivity index (χ3n) is 15.2. The van der Waals surface area contributed by atoms with Crippen LogP contribution in [0.1, 0.15) is 107 Å². The van der Waals surface area contributed by atoms with E-state index in [9.17, 15) is 77.9 Å². The number of Topliss-reactive ketones (excluding diaryl/α,β-unsaturated/α-hetero) is 2. The number of nitrogens with one attached hydrogen (secondary N) is 3. The van der Waals surface area contributed by atoms with Gasteiger partial charge in [0.2, 0.25) is 23.6 Å². The number of carbonyl (C=O) groups is 9. The molecule has 9 atom stereocenters. The number of cyclic esters (lactones) is 1. The van der Waals surface area contributed by atoms with E-state index in [0.29, 0.717) is 47.1 Å². The number of hydrogen-bond acceptors (Lipinski definition) is 19. The van der Waals surface area contributed by atoms with Crippen molar-refractivity contribution in [1.82, 2.24) is 35.3 Å². The molecule has 0 aliphatic carbocycles. The average Bonchev–Trinajstić information content (AvgIpc) is 4.13. The minimum Gasteiger partial charge on any atom is -0.458 e. The van der Waals surface area contributed by atoms with E-state index in [1.165, 1.54) is 38.5 Å². The first kappa shape index (κ1) is 64.0. The van der Waals surface area contributed by atoms with Crippen molar-refractivity contribution in [3.8, 4) is 11.4 Å². The number of aromatic nitrogens is 2. The lowest BCUT2D eigenvalue weighted by atomic mass is 9.86. The minimum atomic E-state index is -2.02. The summed E-state index contributed by atoms with van der Waals surface area (Å²) in [6.45, 7) is 5.69. The molecule has 6 rings (SSSR count). The predicted molar refractivity (Wildman–Crippen MR) is 287 cm³/mol. The first-order valence-corrected chi connectivity index (χ1v) is 27.1. The number of hydrogen-bond donors (Lipinski definition) is 9. The number of likely N-dealkylation sites (N-methyl/N-ethyl adjacent to an activating group) is 1. The molecule has 3 aliphatic rings. The molecule has 0 saturated heterocycles. The van der Waals surface area contributed by atoms with Gasteiger partial charge in [0, 0.05) is 99.0 Å². The molecule has 3 aromatic rings. The average molecular weight is 1150 g/mol. The molecule has 0 unspecified atom stereocenters. The van der Waals surface area contributed by atoms with Crippen LogP contribution in [0.3, 0.4) is 0 Å². The number of ether oxygens (including phenoxy) is 2. The molecule has 0 fully saturated rings. The monoisotopic (exact) mass is 1150 g/mol. The van der Waals surface area contributed by atoms with Gasteiger partial charge in [-0.1, -0.05) is 20.8 Å². The second kappa shape index (κ2) is 27.7. The van der Waals surface area contributed by atoms with Gasteiger partial charge in [-0.2, -0.15) is 0 Å². The number of fused-ring (bicyclic) bond motifs is 5. The molecule has 9 N–H and O–H groups in total. The zero-order chi connectivity index (χ0) is 60.5. The Morgan fingerprint density at radius 3 is 2.21 bits per heavy atom. The Bertz CT molecular complexity index is 3060. The van der Waals surface area contributed by atoms with Crippen LogP contribution in [-0.2, 0) is 77.8 Å². The van der Waals surface area contributed by atoms with E-state index in [4.69, 9.17) is 19.6 Å². The van der Waals surface area contributed by atoms with Crippen molar-refractivity contribution in [1.29, 1.82) is 0 Å². The summed E-state index contributed by atoms with van der Waals surface area (Å²) in [5.41, 5.74) is 1.12. The third kappa shape index (κ3) is 14.7. The zero-order valence-electron chi connectivity index (χ0n) is 46.6. The Labute approximate surface area is 470 Å². The summed E-state index contributed by atoms with van der Waals surface area (Å²) in [6, 6.07) is 2.17. The van der Waals surface area contributed by atoms with E-state index in [0.717, 1.165) is 33.1 Å². The van der Waals surface area contributed by atoms with Crippen LogP contribution in [-0.4, -0.2) is 180 Å². The largest absolute Gasteiger partial charge is 0.458 e. The quantitative estimate of drug-likeness (QED) is 0.0132. The van der Waals surface area contributed by atoms with Gasteiger partial charge >= 0.3 is 5.97 Å². The summed E-state index contributed by atoms with van der Waals surface area (Å²) in [5, 5.41) is 68.8. The predicted octanol–water partition coefficient (Wildman–Crippen LogP) is -0.890. The number of rotatable bonds is 30. The van der Waals surface area contributed by atoms with E-state index in [-0.39, 0.29) is 63.4 Å². The maximum atomic E-state index is 14.9. The molecule has 82 heavy (non-hydrogen) atoms. The number of nitrogens with zero attached hydrogens (tertiary/aromatic N) is 4. The summed E-state index contributed by atoms with van der Waals surface area (Å²) in [4.78, 5) is 136. The van der Waals surface area contributed by atoms with Crippen molar-refractivity contribution in [3.63, 3.8) is 0 Å². The van der Waals surface area contributed by atoms with Crippen LogP contribution in [0.2, 0.25) is 0 Å². The highest BCUT2D eigenvalue weighted by atomic mass is 19.1. The molecule has 446 valence electrons. The number of halogens is 1. The van der Waals surface area contributed by atoms with Crippen LogP contribution in [0.15, 0.2) is 35.1 Å². The number of carbonyl (C=O) groups excluding carboxylic acids is 9. The maximum Gasteiger partial charge on any atom is 0.343 e. The summed E-state index contributed by atoms with van der Waals surface area (Å²) in [6.07, 6.45) is -5.76. The Morgan fingerprint density at radius 1 is 0.878 bits per heavy atom. The first-order valence-electron chi connectivity index (χ1n) is 27.1. The number of pyridine rings is 2. The summed E-state index contributed by atoms with van der Waals surface area (Å²) in [5.74, 6) is -8.40. The van der Waals surface area contributed by atoms with Gasteiger partial charge in [0.05, 0.1) is 47.7 Å². The second-order valence-electron chi connectivity index (χ2n) is 21.2.